The molecule has 0 radical (unpaired) electrons. The Balaban J connectivity index is 1.86. The van der Waals surface area contributed by atoms with Crippen LogP contribution in [0, 0.1) is 12.4 Å². The number of nitrogens with zero attached hydrogens (tertiary/aromatic N) is 4. The second kappa shape index (κ2) is 6.79. The summed E-state index contributed by atoms with van der Waals surface area (Å²) in [6, 6.07) is 6.17. The maximum Gasteiger partial charge on any atom is 0.410 e. The highest BCUT2D eigenvalue weighted by Crippen LogP contribution is 2.29. The Kier molecular flexibility index (Phi) is 4.68. The minimum Gasteiger partial charge on any atom is -0.444 e. The maximum atomic E-state index is 13.1. The molecule has 1 aliphatic heterocycles. The number of hydrogen-bond acceptors (Lipinski definition) is 3. The van der Waals surface area contributed by atoms with Crippen LogP contribution in [0.5, 0.6) is 0 Å². The predicted octanol–water partition coefficient (Wildman–Crippen LogP) is 3.91. The summed E-state index contributed by atoms with van der Waals surface area (Å²) in [6.45, 7) is 14.1. The molecule has 6 nitrogen and oxygen atoms in total. The van der Waals surface area contributed by atoms with Gasteiger partial charge in [0.1, 0.15) is 11.4 Å². The molecule has 1 aromatic carbocycles. The van der Waals surface area contributed by atoms with Gasteiger partial charge in [-0.05, 0) is 50.0 Å². The van der Waals surface area contributed by atoms with E-state index in [9.17, 15) is 9.18 Å². The molecule has 0 bridgehead atoms. The van der Waals surface area contributed by atoms with E-state index in [4.69, 9.17) is 11.3 Å². The first kappa shape index (κ1) is 17.9. The minimum atomic E-state index is -0.562. The Morgan fingerprint density at radius 2 is 2.04 bits per heavy atom. The van der Waals surface area contributed by atoms with Crippen molar-refractivity contribution in [1.82, 2.24) is 14.7 Å². The molecule has 7 heteroatoms. The molecule has 2 heterocycles. The van der Waals surface area contributed by atoms with E-state index in [1.807, 2.05) is 20.8 Å². The van der Waals surface area contributed by atoms with Crippen molar-refractivity contribution in [1.29, 1.82) is 0 Å². The van der Waals surface area contributed by atoms with Gasteiger partial charge >= 0.3 is 6.09 Å². The van der Waals surface area contributed by atoms with Crippen molar-refractivity contribution in [2.45, 2.75) is 45.9 Å². The van der Waals surface area contributed by atoms with Gasteiger partial charge in [-0.2, -0.15) is 4.68 Å². The van der Waals surface area contributed by atoms with Crippen LogP contribution in [-0.2, 0) is 24.2 Å². The minimum absolute atomic E-state index is 0.297. The van der Waals surface area contributed by atoms with Crippen molar-refractivity contribution in [2.24, 2.45) is 0 Å². The first-order valence-corrected chi connectivity index (χ1v) is 8.45. The SMILES string of the molecule is [C-]#[N+]c1nn(Cc2ccc(F)cc2)c2c1CCN(C(=O)OC(C)(C)C)C2. The standard InChI is InChI=1S/C19H21FN4O2/c1-19(2,3)26-18(25)23-10-9-15-16(12-23)24(22-17(15)21-4)11-13-5-7-14(20)8-6-13/h5-8H,9-12H2,1-3H3. The summed E-state index contributed by atoms with van der Waals surface area (Å²) in [5.74, 6) is 0.0696. The number of fused-ring (bicyclic) bond motifs is 1. The van der Waals surface area contributed by atoms with Crippen molar-refractivity contribution in [3.8, 4) is 0 Å². The average molecular weight is 356 g/mol. The first-order chi connectivity index (χ1) is 12.3. The van der Waals surface area contributed by atoms with Crippen LogP contribution in [0.4, 0.5) is 15.0 Å². The summed E-state index contributed by atoms with van der Waals surface area (Å²) < 4.78 is 20.3. The normalized spacial score (nSPS) is 13.9. The van der Waals surface area contributed by atoms with Crippen LogP contribution >= 0.6 is 0 Å². The lowest BCUT2D eigenvalue weighted by Gasteiger charge is -2.30. The third-order valence-corrected chi connectivity index (χ3v) is 4.12. The quantitative estimate of drug-likeness (QED) is 0.767. The van der Waals surface area contributed by atoms with Gasteiger partial charge in [-0.3, -0.25) is 0 Å². The second-order valence-electron chi connectivity index (χ2n) is 7.30. The zero-order valence-electron chi connectivity index (χ0n) is 15.1. The molecule has 136 valence electrons. The van der Waals surface area contributed by atoms with Crippen LogP contribution in [0.25, 0.3) is 4.85 Å². The van der Waals surface area contributed by atoms with E-state index < -0.39 is 5.60 Å². The molecule has 26 heavy (non-hydrogen) atoms. The van der Waals surface area contributed by atoms with Gasteiger partial charge in [0.05, 0.1) is 18.8 Å². The summed E-state index contributed by atoms with van der Waals surface area (Å²) in [5, 5.41) is 4.39. The molecule has 0 fully saturated rings. The van der Waals surface area contributed by atoms with E-state index in [2.05, 4.69) is 9.94 Å². The molecule has 0 unspecified atom stereocenters. The number of carbonyl (C=O) groups is 1. The third-order valence-electron chi connectivity index (χ3n) is 4.12. The molecule has 0 aliphatic carbocycles. The number of rotatable bonds is 2. The summed E-state index contributed by atoms with van der Waals surface area (Å²) in [4.78, 5) is 17.5. The highest BCUT2D eigenvalue weighted by molar-refractivity contribution is 5.69. The number of carbonyl (C=O) groups excluding carboxylic acids is 1. The fourth-order valence-corrected chi connectivity index (χ4v) is 2.93. The van der Waals surface area contributed by atoms with Crippen LogP contribution in [0.2, 0.25) is 0 Å². The Bertz CT molecular complexity index is 859. The fraction of sp³-hybridized carbons (Fsp3) is 0.421. The number of hydrogen-bond donors (Lipinski definition) is 0. The topological polar surface area (TPSA) is 51.7 Å². The van der Waals surface area contributed by atoms with Gasteiger partial charge in [-0.15, -0.1) is 0 Å². The Morgan fingerprint density at radius 1 is 1.35 bits per heavy atom. The molecular weight excluding hydrogens is 335 g/mol. The summed E-state index contributed by atoms with van der Waals surface area (Å²) >= 11 is 0. The molecular formula is C19H21FN4O2. The molecule has 2 aromatic rings. The van der Waals surface area contributed by atoms with E-state index in [0.29, 0.717) is 31.9 Å². The monoisotopic (exact) mass is 356 g/mol. The van der Waals surface area contributed by atoms with E-state index in [1.165, 1.54) is 12.1 Å². The third kappa shape index (κ3) is 3.85. The number of amides is 1. The van der Waals surface area contributed by atoms with Gasteiger partial charge in [0.15, 0.2) is 0 Å². The molecule has 1 aliphatic rings. The van der Waals surface area contributed by atoms with Crippen LogP contribution in [0.1, 0.15) is 37.6 Å². The molecule has 1 amide bonds. The van der Waals surface area contributed by atoms with E-state index in [1.54, 1.807) is 21.7 Å². The summed E-state index contributed by atoms with van der Waals surface area (Å²) in [7, 11) is 0. The Labute approximate surface area is 152 Å². The van der Waals surface area contributed by atoms with Crippen LogP contribution < -0.4 is 0 Å². The fourth-order valence-electron chi connectivity index (χ4n) is 2.93. The molecule has 0 atom stereocenters. The van der Waals surface area contributed by atoms with Crippen molar-refractivity contribution in [2.75, 3.05) is 6.54 Å². The predicted molar refractivity (Wildman–Crippen MR) is 94.3 cm³/mol. The van der Waals surface area contributed by atoms with E-state index in [-0.39, 0.29) is 11.9 Å². The van der Waals surface area contributed by atoms with Crippen molar-refractivity contribution in [3.63, 3.8) is 0 Å². The number of benzene rings is 1. The zero-order chi connectivity index (χ0) is 18.9. The zero-order valence-corrected chi connectivity index (χ0v) is 15.1. The van der Waals surface area contributed by atoms with Gasteiger partial charge in [0.2, 0.25) is 0 Å². The van der Waals surface area contributed by atoms with Crippen molar-refractivity contribution >= 4 is 11.9 Å². The van der Waals surface area contributed by atoms with E-state index >= 15 is 0 Å². The molecule has 0 saturated carbocycles. The summed E-state index contributed by atoms with van der Waals surface area (Å²) in [6.07, 6.45) is 0.192. The maximum absolute atomic E-state index is 13.1. The van der Waals surface area contributed by atoms with Crippen LogP contribution in [-0.4, -0.2) is 32.9 Å². The second-order valence-corrected chi connectivity index (χ2v) is 7.30. The van der Waals surface area contributed by atoms with Crippen LogP contribution in [0.15, 0.2) is 24.3 Å². The first-order valence-electron chi connectivity index (χ1n) is 8.45. The highest BCUT2D eigenvalue weighted by Gasteiger charge is 2.31. The lowest BCUT2D eigenvalue weighted by molar-refractivity contribution is 0.0219. The summed E-state index contributed by atoms with van der Waals surface area (Å²) in [5.41, 5.74) is 2.02. The molecule has 1 aromatic heterocycles. The van der Waals surface area contributed by atoms with E-state index in [0.717, 1.165) is 16.8 Å². The Hall–Kier alpha value is -2.88. The smallest absolute Gasteiger partial charge is 0.410 e. The van der Waals surface area contributed by atoms with Gasteiger partial charge in [-0.25, -0.2) is 9.18 Å². The molecule has 3 rings (SSSR count). The lowest BCUT2D eigenvalue weighted by Crippen LogP contribution is -2.40. The van der Waals surface area contributed by atoms with Gasteiger partial charge in [0, 0.05) is 12.1 Å². The van der Waals surface area contributed by atoms with Crippen LogP contribution in [0.3, 0.4) is 0 Å². The number of halogens is 1. The largest absolute Gasteiger partial charge is 0.444 e. The molecule has 0 saturated heterocycles. The number of aromatic nitrogens is 2. The van der Waals surface area contributed by atoms with Crippen molar-refractivity contribution < 1.29 is 13.9 Å². The molecule has 0 N–H and O–H groups in total. The Morgan fingerprint density at radius 3 is 2.65 bits per heavy atom. The highest BCUT2D eigenvalue weighted by atomic mass is 19.1. The number of ether oxygens (including phenoxy) is 1. The van der Waals surface area contributed by atoms with Gasteiger partial charge in [0.25, 0.3) is 5.82 Å². The lowest BCUT2D eigenvalue weighted by atomic mass is 10.1. The van der Waals surface area contributed by atoms with Gasteiger partial charge in [-0.1, -0.05) is 18.7 Å². The molecule has 0 spiro atoms. The van der Waals surface area contributed by atoms with Crippen molar-refractivity contribution in [3.05, 3.63) is 58.3 Å². The van der Waals surface area contributed by atoms with Gasteiger partial charge < -0.3 is 14.5 Å². The average Bonchev–Trinajstić information content (AvgIpc) is 2.92.